The Morgan fingerprint density at radius 3 is 3.00 bits per heavy atom. The van der Waals surface area contributed by atoms with Crippen molar-refractivity contribution in [2.45, 2.75) is 45.2 Å². The van der Waals surface area contributed by atoms with Gasteiger partial charge in [0.1, 0.15) is 5.76 Å². The van der Waals surface area contributed by atoms with E-state index in [1.54, 1.807) is 6.26 Å². The summed E-state index contributed by atoms with van der Waals surface area (Å²) in [5, 5.41) is 0. The van der Waals surface area contributed by atoms with E-state index in [2.05, 4.69) is 24.8 Å². The number of piperidine rings is 1. The largest absolute Gasteiger partial charge is 0.468 e. The second-order valence-electron chi connectivity index (χ2n) is 5.20. The van der Waals surface area contributed by atoms with Gasteiger partial charge in [-0.25, -0.2) is 0 Å². The molecule has 17 heavy (non-hydrogen) atoms. The van der Waals surface area contributed by atoms with Crippen LogP contribution >= 0.6 is 0 Å². The van der Waals surface area contributed by atoms with Gasteiger partial charge in [0, 0.05) is 12.6 Å². The highest BCUT2D eigenvalue weighted by Crippen LogP contribution is 2.32. The topological polar surface area (TPSA) is 42.4 Å². The average molecular weight is 236 g/mol. The summed E-state index contributed by atoms with van der Waals surface area (Å²) >= 11 is 0. The van der Waals surface area contributed by atoms with Gasteiger partial charge in [-0.2, -0.15) is 0 Å². The van der Waals surface area contributed by atoms with E-state index in [0.29, 0.717) is 12.1 Å². The van der Waals surface area contributed by atoms with Crippen LogP contribution in [0, 0.1) is 5.92 Å². The zero-order chi connectivity index (χ0) is 12.3. The lowest BCUT2D eigenvalue weighted by molar-refractivity contribution is 0.0630. The van der Waals surface area contributed by atoms with Crippen LogP contribution in [0.4, 0.5) is 0 Å². The summed E-state index contributed by atoms with van der Waals surface area (Å²) in [5.41, 5.74) is 5.93. The number of nitrogens with zero attached hydrogens (tertiary/aromatic N) is 1. The number of nitrogens with two attached hydrogens (primary N) is 1. The van der Waals surface area contributed by atoms with Crippen molar-refractivity contribution in [1.82, 2.24) is 4.90 Å². The van der Waals surface area contributed by atoms with Gasteiger partial charge in [0.2, 0.25) is 0 Å². The van der Waals surface area contributed by atoms with Crippen LogP contribution in [0.25, 0.3) is 0 Å². The summed E-state index contributed by atoms with van der Waals surface area (Å²) in [7, 11) is 0. The fraction of sp³-hybridized carbons (Fsp3) is 0.714. The predicted molar refractivity (Wildman–Crippen MR) is 69.7 cm³/mol. The van der Waals surface area contributed by atoms with Gasteiger partial charge in [0.25, 0.3) is 0 Å². The lowest BCUT2D eigenvalue weighted by atomic mass is 9.90. The van der Waals surface area contributed by atoms with Gasteiger partial charge in [-0.1, -0.05) is 13.8 Å². The Morgan fingerprint density at radius 2 is 2.41 bits per heavy atom. The van der Waals surface area contributed by atoms with Crippen molar-refractivity contribution in [3.63, 3.8) is 0 Å². The van der Waals surface area contributed by atoms with Crippen LogP contribution in [0.15, 0.2) is 22.8 Å². The second kappa shape index (κ2) is 5.69. The van der Waals surface area contributed by atoms with Gasteiger partial charge in [0.05, 0.1) is 12.3 Å². The van der Waals surface area contributed by atoms with Gasteiger partial charge >= 0.3 is 0 Å². The molecule has 3 unspecified atom stereocenters. The zero-order valence-corrected chi connectivity index (χ0v) is 10.9. The molecule has 1 fully saturated rings. The highest BCUT2D eigenvalue weighted by molar-refractivity contribution is 5.06. The van der Waals surface area contributed by atoms with Crippen molar-refractivity contribution in [1.29, 1.82) is 0 Å². The fourth-order valence-electron chi connectivity index (χ4n) is 2.99. The third-order valence-corrected chi connectivity index (χ3v) is 3.95. The Labute approximate surface area is 104 Å². The molecule has 2 rings (SSSR count). The van der Waals surface area contributed by atoms with Crippen LogP contribution in [0.5, 0.6) is 0 Å². The normalized spacial score (nSPS) is 28.2. The average Bonchev–Trinajstić information content (AvgIpc) is 2.85. The van der Waals surface area contributed by atoms with E-state index >= 15 is 0 Å². The molecule has 0 spiro atoms. The highest BCUT2D eigenvalue weighted by atomic mass is 16.3. The first kappa shape index (κ1) is 12.7. The van der Waals surface area contributed by atoms with E-state index in [9.17, 15) is 0 Å². The molecule has 2 heterocycles. The lowest BCUT2D eigenvalue weighted by Crippen LogP contribution is -2.47. The van der Waals surface area contributed by atoms with E-state index in [4.69, 9.17) is 10.2 Å². The zero-order valence-electron chi connectivity index (χ0n) is 10.9. The fourth-order valence-corrected chi connectivity index (χ4v) is 2.99. The number of hydrogen-bond acceptors (Lipinski definition) is 3. The summed E-state index contributed by atoms with van der Waals surface area (Å²) in [6, 6.07) is 4.96. The van der Waals surface area contributed by atoms with E-state index in [0.717, 1.165) is 31.2 Å². The summed E-state index contributed by atoms with van der Waals surface area (Å²) in [4.78, 5) is 2.54. The molecule has 2 N–H and O–H groups in total. The maximum Gasteiger partial charge on any atom is 0.120 e. The van der Waals surface area contributed by atoms with E-state index in [1.165, 1.54) is 12.8 Å². The molecule has 0 bridgehead atoms. The highest BCUT2D eigenvalue weighted by Gasteiger charge is 2.31. The monoisotopic (exact) mass is 236 g/mol. The van der Waals surface area contributed by atoms with Crippen molar-refractivity contribution in [3.05, 3.63) is 24.2 Å². The Bertz CT molecular complexity index is 323. The summed E-state index contributed by atoms with van der Waals surface area (Å²) < 4.78 is 5.58. The van der Waals surface area contributed by atoms with E-state index in [1.807, 2.05) is 6.07 Å². The molecule has 0 amide bonds. The van der Waals surface area contributed by atoms with Crippen LogP contribution in [-0.2, 0) is 0 Å². The second-order valence-corrected chi connectivity index (χ2v) is 5.20. The molecule has 0 aliphatic carbocycles. The van der Waals surface area contributed by atoms with Crippen molar-refractivity contribution < 1.29 is 4.42 Å². The Kier molecular flexibility index (Phi) is 4.24. The van der Waals surface area contributed by atoms with Crippen LogP contribution < -0.4 is 5.73 Å². The molecule has 0 radical (unpaired) electrons. The molecule has 1 aliphatic rings. The first-order valence-electron chi connectivity index (χ1n) is 6.75. The third-order valence-electron chi connectivity index (χ3n) is 3.95. The number of hydrogen-bond donors (Lipinski definition) is 1. The molecule has 3 heteroatoms. The SMILES string of the molecule is CCC(c1ccco1)N1CCC(C)CC1CN. The van der Waals surface area contributed by atoms with Crippen LogP contribution in [-0.4, -0.2) is 24.0 Å². The van der Waals surface area contributed by atoms with Gasteiger partial charge in [-0.05, 0) is 43.9 Å². The summed E-state index contributed by atoms with van der Waals surface area (Å²) in [6.45, 7) is 6.44. The summed E-state index contributed by atoms with van der Waals surface area (Å²) in [6.07, 6.45) is 5.34. The quantitative estimate of drug-likeness (QED) is 0.874. The smallest absolute Gasteiger partial charge is 0.120 e. The molecule has 1 aromatic heterocycles. The number of rotatable bonds is 4. The maximum absolute atomic E-state index is 5.93. The van der Waals surface area contributed by atoms with Gasteiger partial charge in [-0.3, -0.25) is 4.90 Å². The van der Waals surface area contributed by atoms with Gasteiger partial charge < -0.3 is 10.2 Å². The molecule has 1 saturated heterocycles. The van der Waals surface area contributed by atoms with Crippen molar-refractivity contribution in [2.24, 2.45) is 11.7 Å². The van der Waals surface area contributed by atoms with Crippen molar-refractivity contribution in [3.8, 4) is 0 Å². The first-order chi connectivity index (χ1) is 8.26. The molecule has 0 aromatic carbocycles. The van der Waals surface area contributed by atoms with Crippen molar-refractivity contribution >= 4 is 0 Å². The van der Waals surface area contributed by atoms with Crippen LogP contribution in [0.1, 0.15) is 44.9 Å². The number of furan rings is 1. The minimum atomic E-state index is 0.394. The first-order valence-corrected chi connectivity index (χ1v) is 6.75. The molecule has 3 atom stereocenters. The standard InChI is InChI=1S/C14H24N2O/c1-3-13(14-5-4-8-17-14)16-7-6-11(2)9-12(16)10-15/h4-5,8,11-13H,3,6-7,9-10,15H2,1-2H3. The minimum Gasteiger partial charge on any atom is -0.468 e. The maximum atomic E-state index is 5.93. The molecular formula is C14H24N2O. The Morgan fingerprint density at radius 1 is 1.59 bits per heavy atom. The van der Waals surface area contributed by atoms with Crippen LogP contribution in [0.2, 0.25) is 0 Å². The molecule has 1 aromatic rings. The molecule has 3 nitrogen and oxygen atoms in total. The van der Waals surface area contributed by atoms with Crippen LogP contribution in [0.3, 0.4) is 0 Å². The molecule has 96 valence electrons. The lowest BCUT2D eigenvalue weighted by Gasteiger charge is -2.42. The minimum absolute atomic E-state index is 0.394. The molecular weight excluding hydrogens is 212 g/mol. The predicted octanol–water partition coefficient (Wildman–Crippen LogP) is 2.79. The third kappa shape index (κ3) is 2.72. The van der Waals surface area contributed by atoms with E-state index in [-0.39, 0.29) is 0 Å². The van der Waals surface area contributed by atoms with E-state index < -0.39 is 0 Å². The molecule has 0 saturated carbocycles. The number of likely N-dealkylation sites (tertiary alicyclic amines) is 1. The molecule has 1 aliphatic heterocycles. The van der Waals surface area contributed by atoms with Crippen molar-refractivity contribution in [2.75, 3.05) is 13.1 Å². The summed E-state index contributed by atoms with van der Waals surface area (Å²) in [5.74, 6) is 1.88. The Hall–Kier alpha value is -0.800. The van der Waals surface area contributed by atoms with Gasteiger partial charge in [-0.15, -0.1) is 0 Å². The van der Waals surface area contributed by atoms with Gasteiger partial charge in [0.15, 0.2) is 0 Å². The Balaban J connectivity index is 2.13.